The van der Waals surface area contributed by atoms with E-state index in [-0.39, 0.29) is 0 Å². The summed E-state index contributed by atoms with van der Waals surface area (Å²) in [5, 5.41) is 0. The Balaban J connectivity index is 1.63. The summed E-state index contributed by atoms with van der Waals surface area (Å²) >= 11 is 0. The molecular weight excluding hydrogens is 212 g/mol. The van der Waals surface area contributed by atoms with Crippen molar-refractivity contribution in [2.75, 3.05) is 6.61 Å². The molecule has 0 radical (unpaired) electrons. The molecule has 90 valence electrons. The van der Waals surface area contributed by atoms with Gasteiger partial charge in [-0.15, -0.1) is 0 Å². The van der Waals surface area contributed by atoms with Crippen LogP contribution in [-0.2, 0) is 17.6 Å². The van der Waals surface area contributed by atoms with Crippen LogP contribution in [0.3, 0.4) is 0 Å². The maximum Gasteiger partial charge on any atom is 0.135 e. The van der Waals surface area contributed by atoms with Crippen molar-refractivity contribution >= 4 is 5.78 Å². The van der Waals surface area contributed by atoms with E-state index in [0.29, 0.717) is 11.7 Å². The average Bonchev–Trinajstić information content (AvgIpc) is 2.94. The number of hydrogen-bond donors (Lipinski definition) is 0. The highest BCUT2D eigenvalue weighted by atomic mass is 16.5. The number of ether oxygens (including phenoxy) is 1. The van der Waals surface area contributed by atoms with Crippen molar-refractivity contribution in [1.82, 2.24) is 0 Å². The number of ketones is 1. The number of Topliss-reactive ketones (excluding diaryl/α,β-unsaturated/α-hetero) is 1. The molecule has 1 saturated carbocycles. The molecular formula is C15H18O2. The van der Waals surface area contributed by atoms with Crippen LogP contribution in [0.5, 0.6) is 5.75 Å². The second-order valence-electron chi connectivity index (χ2n) is 5.13. The van der Waals surface area contributed by atoms with Crippen LogP contribution in [0.1, 0.15) is 36.8 Å². The van der Waals surface area contributed by atoms with Crippen molar-refractivity contribution in [1.29, 1.82) is 0 Å². The summed E-state index contributed by atoms with van der Waals surface area (Å²) in [5.41, 5.74) is 2.69. The quantitative estimate of drug-likeness (QED) is 0.798. The predicted octanol–water partition coefficient (Wildman–Crippen LogP) is 2.92. The van der Waals surface area contributed by atoms with E-state index < -0.39 is 0 Å². The fraction of sp³-hybridized carbons (Fsp3) is 0.533. The summed E-state index contributed by atoms with van der Waals surface area (Å²) in [6, 6.07) is 6.47. The summed E-state index contributed by atoms with van der Waals surface area (Å²) in [6.07, 6.45) is 6.10. The Morgan fingerprint density at radius 3 is 3.06 bits per heavy atom. The van der Waals surface area contributed by atoms with Crippen molar-refractivity contribution in [3.8, 4) is 5.75 Å². The van der Waals surface area contributed by atoms with Crippen LogP contribution in [-0.4, -0.2) is 12.4 Å². The number of aryl methyl sites for hydroxylation is 1. The first-order valence-corrected chi connectivity index (χ1v) is 6.60. The molecule has 1 heterocycles. The zero-order valence-electron chi connectivity index (χ0n) is 10.1. The van der Waals surface area contributed by atoms with Crippen LogP contribution in [0.2, 0.25) is 0 Å². The van der Waals surface area contributed by atoms with E-state index in [2.05, 4.69) is 18.2 Å². The van der Waals surface area contributed by atoms with Gasteiger partial charge in [-0.3, -0.25) is 4.79 Å². The van der Waals surface area contributed by atoms with E-state index in [1.807, 2.05) is 0 Å². The van der Waals surface area contributed by atoms with Gasteiger partial charge in [0.15, 0.2) is 0 Å². The molecule has 1 aliphatic heterocycles. The highest BCUT2D eigenvalue weighted by molar-refractivity contribution is 5.82. The van der Waals surface area contributed by atoms with Gasteiger partial charge in [0, 0.05) is 18.8 Å². The summed E-state index contributed by atoms with van der Waals surface area (Å²) < 4.78 is 5.49. The van der Waals surface area contributed by atoms with E-state index in [1.165, 1.54) is 11.1 Å². The Labute approximate surface area is 102 Å². The molecule has 1 atom stereocenters. The van der Waals surface area contributed by atoms with E-state index in [9.17, 15) is 4.79 Å². The molecule has 17 heavy (non-hydrogen) atoms. The fourth-order valence-electron chi connectivity index (χ4n) is 2.93. The van der Waals surface area contributed by atoms with Crippen molar-refractivity contribution in [3.63, 3.8) is 0 Å². The van der Waals surface area contributed by atoms with Gasteiger partial charge in [-0.2, -0.15) is 0 Å². The van der Waals surface area contributed by atoms with Crippen LogP contribution < -0.4 is 4.74 Å². The van der Waals surface area contributed by atoms with Gasteiger partial charge in [-0.1, -0.05) is 12.1 Å². The van der Waals surface area contributed by atoms with Crippen LogP contribution in [0.15, 0.2) is 18.2 Å². The molecule has 1 unspecified atom stereocenters. The van der Waals surface area contributed by atoms with Crippen LogP contribution >= 0.6 is 0 Å². The average molecular weight is 230 g/mol. The molecule has 1 aromatic rings. The molecule has 0 bridgehead atoms. The smallest absolute Gasteiger partial charge is 0.135 e. The van der Waals surface area contributed by atoms with E-state index >= 15 is 0 Å². The standard InChI is InChI=1S/C15H18O2/c16-14-3-1-2-12(14)6-4-11-5-7-15-13(10-11)8-9-17-15/h5,7,10,12H,1-4,6,8-9H2. The molecule has 1 fully saturated rings. The first kappa shape index (κ1) is 10.8. The van der Waals surface area contributed by atoms with Crippen LogP contribution in [0.4, 0.5) is 0 Å². The van der Waals surface area contributed by atoms with Crippen molar-refractivity contribution in [3.05, 3.63) is 29.3 Å². The Kier molecular flexibility index (Phi) is 2.87. The molecule has 3 rings (SSSR count). The lowest BCUT2D eigenvalue weighted by atomic mass is 9.96. The SMILES string of the molecule is O=C1CCCC1CCc1ccc2c(c1)CCO2. The van der Waals surface area contributed by atoms with Gasteiger partial charge in [0.25, 0.3) is 0 Å². The molecule has 0 aromatic heterocycles. The summed E-state index contributed by atoms with van der Waals surface area (Å²) in [5.74, 6) is 1.86. The monoisotopic (exact) mass is 230 g/mol. The molecule has 2 nitrogen and oxygen atoms in total. The number of benzene rings is 1. The second kappa shape index (κ2) is 4.52. The maximum atomic E-state index is 11.6. The minimum absolute atomic E-state index is 0.333. The minimum Gasteiger partial charge on any atom is -0.493 e. The first-order valence-electron chi connectivity index (χ1n) is 6.60. The van der Waals surface area contributed by atoms with Gasteiger partial charge >= 0.3 is 0 Å². The number of fused-ring (bicyclic) bond motifs is 1. The van der Waals surface area contributed by atoms with Crippen LogP contribution in [0, 0.1) is 5.92 Å². The lowest BCUT2D eigenvalue weighted by Gasteiger charge is -2.08. The van der Waals surface area contributed by atoms with Gasteiger partial charge in [-0.05, 0) is 42.9 Å². The zero-order chi connectivity index (χ0) is 11.7. The number of hydrogen-bond acceptors (Lipinski definition) is 2. The summed E-state index contributed by atoms with van der Waals surface area (Å²) in [7, 11) is 0. The fourth-order valence-corrected chi connectivity index (χ4v) is 2.93. The highest BCUT2D eigenvalue weighted by Crippen LogP contribution is 2.29. The maximum absolute atomic E-state index is 11.6. The Bertz CT molecular complexity index is 437. The summed E-state index contributed by atoms with van der Waals surface area (Å²) in [6.45, 7) is 0.819. The third-order valence-corrected chi connectivity index (χ3v) is 3.97. The van der Waals surface area contributed by atoms with Gasteiger partial charge in [0.05, 0.1) is 6.61 Å². The molecule has 1 aliphatic carbocycles. The van der Waals surface area contributed by atoms with Crippen molar-refractivity contribution in [2.45, 2.75) is 38.5 Å². The first-order chi connectivity index (χ1) is 8.33. The topological polar surface area (TPSA) is 26.3 Å². The third-order valence-electron chi connectivity index (χ3n) is 3.97. The molecule has 2 aliphatic rings. The lowest BCUT2D eigenvalue weighted by Crippen LogP contribution is -2.07. The molecule has 2 heteroatoms. The van der Waals surface area contributed by atoms with Gasteiger partial charge in [0.2, 0.25) is 0 Å². The Hall–Kier alpha value is -1.31. The Morgan fingerprint density at radius 1 is 1.29 bits per heavy atom. The zero-order valence-corrected chi connectivity index (χ0v) is 10.1. The third kappa shape index (κ3) is 2.21. The molecule has 0 saturated heterocycles. The minimum atomic E-state index is 0.333. The van der Waals surface area contributed by atoms with E-state index in [0.717, 1.165) is 50.9 Å². The molecule has 1 aromatic carbocycles. The predicted molar refractivity (Wildman–Crippen MR) is 66.3 cm³/mol. The van der Waals surface area contributed by atoms with Crippen molar-refractivity contribution in [2.24, 2.45) is 5.92 Å². The van der Waals surface area contributed by atoms with Gasteiger partial charge < -0.3 is 4.74 Å². The Morgan fingerprint density at radius 2 is 2.24 bits per heavy atom. The van der Waals surface area contributed by atoms with Crippen LogP contribution in [0.25, 0.3) is 0 Å². The number of carbonyl (C=O) groups is 1. The van der Waals surface area contributed by atoms with E-state index in [1.54, 1.807) is 0 Å². The van der Waals surface area contributed by atoms with Gasteiger partial charge in [-0.25, -0.2) is 0 Å². The largest absolute Gasteiger partial charge is 0.493 e. The molecule has 0 spiro atoms. The molecule has 0 amide bonds. The number of carbonyl (C=O) groups excluding carboxylic acids is 1. The van der Waals surface area contributed by atoms with E-state index in [4.69, 9.17) is 4.74 Å². The highest BCUT2D eigenvalue weighted by Gasteiger charge is 2.23. The summed E-state index contributed by atoms with van der Waals surface area (Å²) in [4.78, 5) is 11.6. The van der Waals surface area contributed by atoms with Gasteiger partial charge in [0.1, 0.15) is 11.5 Å². The molecule has 0 N–H and O–H groups in total. The lowest BCUT2D eigenvalue weighted by molar-refractivity contribution is -0.120. The number of rotatable bonds is 3. The second-order valence-corrected chi connectivity index (χ2v) is 5.13. The normalized spacial score (nSPS) is 22.6. The van der Waals surface area contributed by atoms with Crippen molar-refractivity contribution < 1.29 is 9.53 Å².